The molecule has 1 aromatic heterocycles. The van der Waals surface area contributed by atoms with E-state index in [0.717, 1.165) is 22.4 Å². The number of nitrogens with zero attached hydrogens (tertiary/aromatic N) is 2. The topological polar surface area (TPSA) is 75.9 Å². The lowest BCUT2D eigenvalue weighted by molar-refractivity contribution is 0.924. The molecule has 0 aliphatic rings. The van der Waals surface area contributed by atoms with Crippen molar-refractivity contribution in [1.82, 2.24) is 9.97 Å². The highest BCUT2D eigenvalue weighted by Gasteiger charge is 2.17. The first-order chi connectivity index (χ1) is 14.6. The van der Waals surface area contributed by atoms with Crippen molar-refractivity contribution >= 4 is 34.6 Å². The second-order valence-corrected chi connectivity index (χ2v) is 7.38. The van der Waals surface area contributed by atoms with Gasteiger partial charge in [-0.1, -0.05) is 78.3 Å². The van der Waals surface area contributed by atoms with Crippen LogP contribution in [0.25, 0.3) is 0 Å². The van der Waals surface area contributed by atoms with Crippen LogP contribution in [0.15, 0.2) is 85.2 Å². The van der Waals surface area contributed by atoms with E-state index in [-0.39, 0.29) is 6.04 Å². The highest BCUT2D eigenvalue weighted by atomic mass is 35.5. The van der Waals surface area contributed by atoms with Gasteiger partial charge in [0.25, 0.3) is 0 Å². The fraction of sp³-hybridized carbons (Fsp3) is 0.0833. The molecule has 4 rings (SSSR count). The van der Waals surface area contributed by atoms with Gasteiger partial charge in [0.1, 0.15) is 12.0 Å². The van der Waals surface area contributed by atoms with E-state index in [0.29, 0.717) is 22.3 Å². The van der Waals surface area contributed by atoms with Gasteiger partial charge >= 0.3 is 0 Å². The molecule has 0 amide bonds. The number of aryl methyl sites for hydroxylation is 1. The smallest absolute Gasteiger partial charge is 0.159 e. The zero-order valence-corrected chi connectivity index (χ0v) is 17.3. The minimum Gasteiger partial charge on any atom is -0.393 e. The zero-order valence-electron chi connectivity index (χ0n) is 16.5. The van der Waals surface area contributed by atoms with Crippen LogP contribution in [0, 0.1) is 6.92 Å². The van der Waals surface area contributed by atoms with E-state index in [9.17, 15) is 0 Å². The Kier molecular flexibility index (Phi) is 5.82. The van der Waals surface area contributed by atoms with E-state index in [4.69, 9.17) is 17.3 Å². The van der Waals surface area contributed by atoms with Crippen molar-refractivity contribution in [3.05, 3.63) is 107 Å². The standard InChI is InChI=1S/C24H22ClN5/c1-16-12-13-19(14-20(16)25)29-23-21(26)24(28-15-27-23)30-22(17-8-4-2-5-9-17)18-10-6-3-7-11-18/h2-15,22H,26H2,1H3,(H2,27,28,29,30). The lowest BCUT2D eigenvalue weighted by Gasteiger charge is -2.22. The summed E-state index contributed by atoms with van der Waals surface area (Å²) in [5.41, 5.74) is 10.9. The predicted molar refractivity (Wildman–Crippen MR) is 124 cm³/mol. The Bertz CT molecular complexity index is 1090. The molecule has 0 spiro atoms. The molecule has 4 N–H and O–H groups in total. The number of aromatic nitrogens is 2. The molecule has 5 nitrogen and oxygen atoms in total. The Labute approximate surface area is 181 Å². The molecule has 0 aliphatic heterocycles. The van der Waals surface area contributed by atoms with E-state index < -0.39 is 0 Å². The number of rotatable bonds is 6. The van der Waals surface area contributed by atoms with Gasteiger partial charge in [-0.3, -0.25) is 0 Å². The maximum absolute atomic E-state index is 6.42. The van der Waals surface area contributed by atoms with Crippen LogP contribution in [0.4, 0.5) is 23.0 Å². The largest absolute Gasteiger partial charge is 0.393 e. The molecule has 150 valence electrons. The third kappa shape index (κ3) is 4.36. The van der Waals surface area contributed by atoms with Crippen LogP contribution < -0.4 is 16.4 Å². The second-order valence-electron chi connectivity index (χ2n) is 6.97. The molecule has 0 unspecified atom stereocenters. The van der Waals surface area contributed by atoms with E-state index in [2.05, 4.69) is 44.9 Å². The summed E-state index contributed by atoms with van der Waals surface area (Å²) in [4.78, 5) is 8.70. The normalized spacial score (nSPS) is 10.8. The molecule has 0 radical (unpaired) electrons. The van der Waals surface area contributed by atoms with Crippen molar-refractivity contribution in [3.63, 3.8) is 0 Å². The highest BCUT2D eigenvalue weighted by molar-refractivity contribution is 6.31. The highest BCUT2D eigenvalue weighted by Crippen LogP contribution is 2.32. The Morgan fingerprint density at radius 3 is 2.03 bits per heavy atom. The maximum Gasteiger partial charge on any atom is 0.159 e. The van der Waals surface area contributed by atoms with Crippen molar-refractivity contribution in [2.45, 2.75) is 13.0 Å². The Morgan fingerprint density at radius 1 is 0.833 bits per heavy atom. The van der Waals surface area contributed by atoms with Crippen molar-refractivity contribution in [2.75, 3.05) is 16.4 Å². The summed E-state index contributed by atoms with van der Waals surface area (Å²) < 4.78 is 0. The molecule has 0 atom stereocenters. The minimum absolute atomic E-state index is 0.105. The third-order valence-corrected chi connectivity index (χ3v) is 5.27. The number of anilines is 4. The first-order valence-electron chi connectivity index (χ1n) is 9.62. The maximum atomic E-state index is 6.42. The Balaban J connectivity index is 1.66. The summed E-state index contributed by atoms with van der Waals surface area (Å²) in [5, 5.41) is 7.40. The van der Waals surface area contributed by atoms with Crippen molar-refractivity contribution < 1.29 is 0 Å². The average Bonchev–Trinajstić information content (AvgIpc) is 2.78. The van der Waals surface area contributed by atoms with Crippen LogP contribution in [-0.2, 0) is 0 Å². The van der Waals surface area contributed by atoms with Gasteiger partial charge in [0, 0.05) is 10.7 Å². The first kappa shape index (κ1) is 19.7. The number of halogens is 1. The number of benzene rings is 3. The molecule has 3 aromatic carbocycles. The van der Waals surface area contributed by atoms with Crippen LogP contribution >= 0.6 is 11.6 Å². The quantitative estimate of drug-likeness (QED) is 0.362. The molecular weight excluding hydrogens is 394 g/mol. The molecule has 0 bridgehead atoms. The van der Waals surface area contributed by atoms with Gasteiger partial charge in [-0.2, -0.15) is 0 Å². The van der Waals surface area contributed by atoms with Gasteiger partial charge in [0.05, 0.1) is 6.04 Å². The van der Waals surface area contributed by atoms with Gasteiger partial charge in [-0.15, -0.1) is 0 Å². The van der Waals surface area contributed by atoms with Crippen LogP contribution in [0.2, 0.25) is 5.02 Å². The van der Waals surface area contributed by atoms with Crippen molar-refractivity contribution in [2.24, 2.45) is 0 Å². The lowest BCUT2D eigenvalue weighted by Crippen LogP contribution is -2.15. The SMILES string of the molecule is Cc1ccc(Nc2ncnc(NC(c3ccccc3)c3ccccc3)c2N)cc1Cl. The molecule has 1 heterocycles. The number of nitrogens with two attached hydrogens (primary N) is 1. The second kappa shape index (κ2) is 8.84. The first-order valence-corrected chi connectivity index (χ1v) is 9.99. The number of nitrogen functional groups attached to an aromatic ring is 1. The molecule has 0 saturated heterocycles. The van der Waals surface area contributed by atoms with Crippen LogP contribution in [-0.4, -0.2) is 9.97 Å². The van der Waals surface area contributed by atoms with Gasteiger partial charge in [-0.05, 0) is 35.7 Å². The van der Waals surface area contributed by atoms with E-state index in [1.54, 1.807) is 0 Å². The summed E-state index contributed by atoms with van der Waals surface area (Å²) >= 11 is 6.24. The fourth-order valence-corrected chi connectivity index (χ4v) is 3.38. The van der Waals surface area contributed by atoms with E-state index in [1.807, 2.05) is 61.5 Å². The lowest BCUT2D eigenvalue weighted by atomic mass is 9.99. The minimum atomic E-state index is -0.105. The van der Waals surface area contributed by atoms with Gasteiger partial charge in [-0.25, -0.2) is 9.97 Å². The summed E-state index contributed by atoms with van der Waals surface area (Å²) in [6, 6.07) is 26.0. The van der Waals surface area contributed by atoms with Crippen molar-refractivity contribution in [3.8, 4) is 0 Å². The Hall–Kier alpha value is -3.57. The van der Waals surface area contributed by atoms with Gasteiger partial charge in [0.15, 0.2) is 11.6 Å². The fourth-order valence-electron chi connectivity index (χ4n) is 3.20. The predicted octanol–water partition coefficient (Wildman–Crippen LogP) is 5.97. The third-order valence-electron chi connectivity index (χ3n) is 4.87. The van der Waals surface area contributed by atoms with Crippen LogP contribution in [0.1, 0.15) is 22.7 Å². The summed E-state index contributed by atoms with van der Waals surface area (Å²) in [6.45, 7) is 1.96. The molecule has 6 heteroatoms. The Morgan fingerprint density at radius 2 is 1.43 bits per heavy atom. The molecular formula is C24H22ClN5. The monoisotopic (exact) mass is 415 g/mol. The van der Waals surface area contributed by atoms with E-state index >= 15 is 0 Å². The molecule has 0 fully saturated rings. The van der Waals surface area contributed by atoms with Crippen LogP contribution in [0.3, 0.4) is 0 Å². The number of nitrogens with one attached hydrogen (secondary N) is 2. The molecule has 4 aromatic rings. The molecule has 0 saturated carbocycles. The molecule has 0 aliphatic carbocycles. The van der Waals surface area contributed by atoms with Crippen LogP contribution in [0.5, 0.6) is 0 Å². The summed E-state index contributed by atoms with van der Waals surface area (Å²) in [5.74, 6) is 1.08. The average molecular weight is 416 g/mol. The summed E-state index contributed by atoms with van der Waals surface area (Å²) in [7, 11) is 0. The number of hydrogen-bond donors (Lipinski definition) is 3. The van der Waals surface area contributed by atoms with Gasteiger partial charge in [0.2, 0.25) is 0 Å². The van der Waals surface area contributed by atoms with Gasteiger partial charge < -0.3 is 16.4 Å². The molecule has 30 heavy (non-hydrogen) atoms. The van der Waals surface area contributed by atoms with E-state index in [1.165, 1.54) is 6.33 Å². The zero-order chi connectivity index (χ0) is 20.9. The summed E-state index contributed by atoms with van der Waals surface area (Å²) in [6.07, 6.45) is 1.49. The van der Waals surface area contributed by atoms with Crippen molar-refractivity contribution in [1.29, 1.82) is 0 Å². The number of hydrogen-bond acceptors (Lipinski definition) is 5.